The predicted octanol–water partition coefficient (Wildman–Crippen LogP) is 9.99. The molecule has 5 aromatic carbocycles. The summed E-state index contributed by atoms with van der Waals surface area (Å²) >= 11 is 0. The highest BCUT2D eigenvalue weighted by Gasteiger charge is 2.39. The van der Waals surface area contributed by atoms with E-state index in [0.717, 1.165) is 66.3 Å². The lowest BCUT2D eigenvalue weighted by Crippen LogP contribution is -2.29. The van der Waals surface area contributed by atoms with Crippen LogP contribution in [0.3, 0.4) is 0 Å². The number of aromatic nitrogens is 3. The van der Waals surface area contributed by atoms with Crippen LogP contribution in [0, 0.1) is 13.8 Å². The molecule has 0 atom stereocenters. The first kappa shape index (κ1) is 29.5. The van der Waals surface area contributed by atoms with E-state index in [2.05, 4.69) is 64.8 Å². The standard InChI is InChI=1S/C44H30N4O2/c1-27-25-45-21-19-34(27)31-13-17-39-37(23-31)38-24-32(35-20-22-46-26-28(35)2)14-18-40(38)48(39)41-10-6-9-36-42(41)44(50)47(43(36)49)33-15-11-30(12-16-33)29-7-4-3-5-8-29/h3-26H,1-2H3. The molecule has 0 bridgehead atoms. The van der Waals surface area contributed by atoms with Crippen molar-refractivity contribution in [3.63, 3.8) is 0 Å². The molecule has 6 nitrogen and oxygen atoms in total. The highest BCUT2D eigenvalue weighted by molar-refractivity contribution is 6.35. The summed E-state index contributed by atoms with van der Waals surface area (Å²) in [4.78, 5) is 38.2. The number of rotatable bonds is 5. The topological polar surface area (TPSA) is 68.1 Å². The summed E-state index contributed by atoms with van der Waals surface area (Å²) in [5.74, 6) is -0.665. The van der Waals surface area contributed by atoms with Gasteiger partial charge in [0.05, 0.1) is 33.5 Å². The van der Waals surface area contributed by atoms with Crippen molar-refractivity contribution in [3.05, 3.63) is 168 Å². The quantitative estimate of drug-likeness (QED) is 0.175. The minimum Gasteiger partial charge on any atom is -0.308 e. The Morgan fingerprint density at radius 1 is 0.500 bits per heavy atom. The van der Waals surface area contributed by atoms with Crippen LogP contribution in [0.5, 0.6) is 0 Å². The molecule has 1 aliphatic rings. The fourth-order valence-electron chi connectivity index (χ4n) is 7.33. The number of pyridine rings is 2. The average Bonchev–Trinajstić information content (AvgIpc) is 3.62. The number of amides is 2. The number of imide groups is 1. The van der Waals surface area contributed by atoms with Crippen LogP contribution in [-0.2, 0) is 0 Å². The van der Waals surface area contributed by atoms with Crippen molar-refractivity contribution >= 4 is 39.3 Å². The van der Waals surface area contributed by atoms with Gasteiger partial charge >= 0.3 is 0 Å². The van der Waals surface area contributed by atoms with Crippen LogP contribution in [0.1, 0.15) is 31.8 Å². The summed E-state index contributed by atoms with van der Waals surface area (Å²) in [6.45, 7) is 4.13. The van der Waals surface area contributed by atoms with Gasteiger partial charge in [0.25, 0.3) is 11.8 Å². The summed E-state index contributed by atoms with van der Waals surface area (Å²) < 4.78 is 2.13. The molecule has 9 rings (SSSR count). The van der Waals surface area contributed by atoms with Crippen LogP contribution in [0.4, 0.5) is 5.69 Å². The van der Waals surface area contributed by atoms with Gasteiger partial charge in [-0.05, 0) is 119 Å². The fraction of sp³-hybridized carbons (Fsp3) is 0.0455. The zero-order chi connectivity index (χ0) is 33.9. The monoisotopic (exact) mass is 646 g/mol. The van der Waals surface area contributed by atoms with Crippen molar-refractivity contribution in [2.45, 2.75) is 13.8 Å². The molecule has 0 aliphatic carbocycles. The molecule has 2 amide bonds. The Morgan fingerprint density at radius 2 is 1.06 bits per heavy atom. The predicted molar refractivity (Wildman–Crippen MR) is 200 cm³/mol. The van der Waals surface area contributed by atoms with Crippen LogP contribution < -0.4 is 4.90 Å². The SMILES string of the molecule is Cc1cnccc1-c1ccc2c(c1)c1cc(-c3ccncc3C)ccc1n2-c1cccc2c1C(=O)N(c1ccc(-c3ccccc3)cc1)C2=O. The van der Waals surface area contributed by atoms with Crippen LogP contribution in [-0.4, -0.2) is 26.3 Å². The Labute approximate surface area is 288 Å². The van der Waals surface area contributed by atoms with E-state index < -0.39 is 0 Å². The van der Waals surface area contributed by atoms with Gasteiger partial charge < -0.3 is 4.57 Å². The Bertz CT molecular complexity index is 2550. The second kappa shape index (κ2) is 11.5. The minimum absolute atomic E-state index is 0.328. The van der Waals surface area contributed by atoms with Gasteiger partial charge in [-0.2, -0.15) is 0 Å². The van der Waals surface area contributed by atoms with E-state index >= 15 is 0 Å². The maximum absolute atomic E-state index is 14.4. The second-order valence-electron chi connectivity index (χ2n) is 12.7. The molecule has 4 heterocycles. The molecule has 0 saturated carbocycles. The first-order valence-corrected chi connectivity index (χ1v) is 16.6. The van der Waals surface area contributed by atoms with E-state index in [1.807, 2.05) is 104 Å². The molecule has 0 spiro atoms. The van der Waals surface area contributed by atoms with Gasteiger partial charge in [0.1, 0.15) is 0 Å². The maximum atomic E-state index is 14.4. The summed E-state index contributed by atoms with van der Waals surface area (Å²) in [7, 11) is 0. The number of nitrogens with zero attached hydrogens (tertiary/aromatic N) is 4. The summed E-state index contributed by atoms with van der Waals surface area (Å²) in [6, 6.07) is 40.2. The molecule has 3 aromatic heterocycles. The van der Waals surface area contributed by atoms with E-state index in [1.54, 1.807) is 6.07 Å². The molecule has 1 aliphatic heterocycles. The summed E-state index contributed by atoms with van der Waals surface area (Å²) in [6.07, 6.45) is 7.39. The third kappa shape index (κ3) is 4.57. The molecule has 0 saturated heterocycles. The lowest BCUT2D eigenvalue weighted by atomic mass is 9.98. The number of benzene rings is 5. The van der Waals surface area contributed by atoms with Gasteiger partial charge in [-0.15, -0.1) is 0 Å². The van der Waals surface area contributed by atoms with Crippen LogP contribution in [0.15, 0.2) is 146 Å². The molecule has 8 aromatic rings. The van der Waals surface area contributed by atoms with Crippen molar-refractivity contribution in [3.8, 4) is 39.1 Å². The lowest BCUT2D eigenvalue weighted by Gasteiger charge is -2.15. The first-order valence-electron chi connectivity index (χ1n) is 16.6. The zero-order valence-corrected chi connectivity index (χ0v) is 27.5. The fourth-order valence-corrected chi connectivity index (χ4v) is 7.33. The number of carbonyl (C=O) groups excluding carboxylic acids is 2. The lowest BCUT2D eigenvalue weighted by molar-refractivity contribution is 0.0926. The van der Waals surface area contributed by atoms with Crippen LogP contribution in [0.2, 0.25) is 0 Å². The van der Waals surface area contributed by atoms with Gasteiger partial charge in [0.15, 0.2) is 0 Å². The molecular weight excluding hydrogens is 617 g/mol. The van der Waals surface area contributed by atoms with Crippen molar-refractivity contribution in [2.24, 2.45) is 0 Å². The summed E-state index contributed by atoms with van der Waals surface area (Å²) in [5, 5.41) is 2.09. The number of aryl methyl sites for hydroxylation is 2. The minimum atomic E-state index is -0.337. The van der Waals surface area contributed by atoms with E-state index in [4.69, 9.17) is 0 Å². The third-order valence-corrected chi connectivity index (χ3v) is 9.79. The normalized spacial score (nSPS) is 12.6. The molecule has 50 heavy (non-hydrogen) atoms. The van der Waals surface area contributed by atoms with Gasteiger partial charge in [-0.25, -0.2) is 4.90 Å². The first-order chi connectivity index (χ1) is 24.5. The van der Waals surface area contributed by atoms with E-state index in [9.17, 15) is 9.59 Å². The van der Waals surface area contributed by atoms with E-state index in [-0.39, 0.29) is 11.8 Å². The molecule has 0 fully saturated rings. The number of anilines is 1. The summed E-state index contributed by atoms with van der Waals surface area (Å²) in [5.41, 5.74) is 12.5. The highest BCUT2D eigenvalue weighted by Crippen LogP contribution is 2.41. The molecule has 0 unspecified atom stereocenters. The second-order valence-corrected chi connectivity index (χ2v) is 12.7. The van der Waals surface area contributed by atoms with Crippen molar-refractivity contribution in [2.75, 3.05) is 4.90 Å². The number of carbonyl (C=O) groups is 2. The Balaban J connectivity index is 1.23. The average molecular weight is 647 g/mol. The Kier molecular flexibility index (Phi) is 6.78. The van der Waals surface area contributed by atoms with Gasteiger partial charge in [0.2, 0.25) is 0 Å². The van der Waals surface area contributed by atoms with Gasteiger partial charge in [-0.1, -0.05) is 60.7 Å². The zero-order valence-electron chi connectivity index (χ0n) is 27.5. The van der Waals surface area contributed by atoms with Gasteiger partial charge in [-0.3, -0.25) is 19.6 Å². The van der Waals surface area contributed by atoms with E-state index in [0.29, 0.717) is 22.5 Å². The number of fused-ring (bicyclic) bond motifs is 4. The van der Waals surface area contributed by atoms with Crippen LogP contribution >= 0.6 is 0 Å². The van der Waals surface area contributed by atoms with Crippen molar-refractivity contribution in [1.29, 1.82) is 0 Å². The van der Waals surface area contributed by atoms with Crippen LogP contribution in [0.25, 0.3) is 60.9 Å². The number of hydrogen-bond donors (Lipinski definition) is 0. The van der Waals surface area contributed by atoms with Gasteiger partial charge in [0, 0.05) is 35.6 Å². The molecule has 238 valence electrons. The Morgan fingerprint density at radius 3 is 1.64 bits per heavy atom. The number of hydrogen-bond acceptors (Lipinski definition) is 4. The highest BCUT2D eigenvalue weighted by atomic mass is 16.2. The third-order valence-electron chi connectivity index (χ3n) is 9.79. The molecule has 6 heteroatoms. The largest absolute Gasteiger partial charge is 0.308 e. The Hall–Kier alpha value is -6.66. The van der Waals surface area contributed by atoms with E-state index in [1.165, 1.54) is 4.90 Å². The smallest absolute Gasteiger partial charge is 0.268 e. The molecule has 0 radical (unpaired) electrons. The maximum Gasteiger partial charge on any atom is 0.268 e. The molecule has 0 N–H and O–H groups in total. The van der Waals surface area contributed by atoms with Crippen molar-refractivity contribution < 1.29 is 9.59 Å². The van der Waals surface area contributed by atoms with Crippen molar-refractivity contribution in [1.82, 2.24) is 14.5 Å². The molecular formula is C44H30N4O2.